The molecule has 1 aromatic carbocycles. The summed E-state index contributed by atoms with van der Waals surface area (Å²) in [7, 11) is 0. The van der Waals surface area contributed by atoms with Crippen molar-refractivity contribution >= 4 is 22.8 Å². The molecule has 5 heteroatoms. The number of fused-ring (bicyclic) bond motifs is 1. The zero-order valence-corrected chi connectivity index (χ0v) is 12.5. The van der Waals surface area contributed by atoms with Crippen molar-refractivity contribution in [1.82, 2.24) is 5.32 Å². The number of carbonyl (C=O) groups excluding carboxylic acids is 1. The molecule has 0 aliphatic heterocycles. The summed E-state index contributed by atoms with van der Waals surface area (Å²) in [6.07, 6.45) is 2.61. The van der Waals surface area contributed by atoms with Gasteiger partial charge in [0.05, 0.1) is 5.92 Å². The second kappa shape index (κ2) is 5.83. The van der Waals surface area contributed by atoms with Crippen LogP contribution in [0.2, 0.25) is 0 Å². The van der Waals surface area contributed by atoms with Crippen molar-refractivity contribution < 1.29 is 19.1 Å². The van der Waals surface area contributed by atoms with Crippen molar-refractivity contribution in [3.63, 3.8) is 0 Å². The minimum Gasteiger partial charge on any atom is -0.481 e. The van der Waals surface area contributed by atoms with Crippen molar-refractivity contribution in [3.8, 4) is 0 Å². The first-order chi connectivity index (χ1) is 10.5. The quantitative estimate of drug-likeness (QED) is 0.913. The van der Waals surface area contributed by atoms with Crippen molar-refractivity contribution in [2.24, 2.45) is 5.92 Å². The van der Waals surface area contributed by atoms with Crippen LogP contribution in [-0.4, -0.2) is 23.0 Å². The summed E-state index contributed by atoms with van der Waals surface area (Å²) < 4.78 is 5.58. The van der Waals surface area contributed by atoms with E-state index in [1.807, 2.05) is 25.1 Å². The van der Waals surface area contributed by atoms with Crippen LogP contribution in [0.5, 0.6) is 0 Å². The van der Waals surface area contributed by atoms with Crippen LogP contribution in [0.15, 0.2) is 28.7 Å². The lowest BCUT2D eigenvalue weighted by atomic mass is 9.86. The second-order valence-corrected chi connectivity index (χ2v) is 6.01. The Morgan fingerprint density at radius 2 is 1.91 bits per heavy atom. The molecule has 116 valence electrons. The fraction of sp³-hybridized carbons (Fsp3) is 0.412. The van der Waals surface area contributed by atoms with Gasteiger partial charge in [-0.05, 0) is 50.8 Å². The zero-order valence-electron chi connectivity index (χ0n) is 12.5. The van der Waals surface area contributed by atoms with E-state index in [4.69, 9.17) is 9.52 Å². The highest BCUT2D eigenvalue weighted by atomic mass is 16.4. The van der Waals surface area contributed by atoms with E-state index in [1.54, 1.807) is 6.07 Å². The highest BCUT2D eigenvalue weighted by Crippen LogP contribution is 2.25. The molecule has 0 spiro atoms. The van der Waals surface area contributed by atoms with E-state index < -0.39 is 5.97 Å². The summed E-state index contributed by atoms with van der Waals surface area (Å²) in [5, 5.41) is 12.8. The highest BCUT2D eigenvalue weighted by Gasteiger charge is 2.27. The van der Waals surface area contributed by atoms with Crippen LogP contribution in [0.1, 0.15) is 41.8 Å². The average Bonchev–Trinajstić information content (AvgIpc) is 2.91. The predicted molar refractivity (Wildman–Crippen MR) is 81.8 cm³/mol. The lowest BCUT2D eigenvalue weighted by Gasteiger charge is -2.26. The van der Waals surface area contributed by atoms with Gasteiger partial charge in [0.1, 0.15) is 5.58 Å². The Balaban J connectivity index is 1.65. The Hall–Kier alpha value is -2.30. The van der Waals surface area contributed by atoms with E-state index >= 15 is 0 Å². The van der Waals surface area contributed by atoms with Crippen molar-refractivity contribution in [2.45, 2.75) is 38.6 Å². The Morgan fingerprint density at radius 1 is 1.18 bits per heavy atom. The molecule has 0 bridgehead atoms. The number of carbonyl (C=O) groups is 2. The van der Waals surface area contributed by atoms with Crippen LogP contribution >= 0.6 is 0 Å². The molecule has 2 aromatic rings. The largest absolute Gasteiger partial charge is 0.481 e. The Labute approximate surface area is 128 Å². The third-order valence-electron chi connectivity index (χ3n) is 4.31. The summed E-state index contributed by atoms with van der Waals surface area (Å²) in [5.41, 5.74) is 1.82. The number of benzene rings is 1. The van der Waals surface area contributed by atoms with Gasteiger partial charge < -0.3 is 14.8 Å². The molecular formula is C17H19NO4. The van der Waals surface area contributed by atoms with E-state index in [0.29, 0.717) is 37.0 Å². The van der Waals surface area contributed by atoms with Crippen molar-refractivity contribution in [2.75, 3.05) is 0 Å². The maximum Gasteiger partial charge on any atom is 0.306 e. The van der Waals surface area contributed by atoms with Gasteiger partial charge in [0.15, 0.2) is 5.76 Å². The number of aryl methyl sites for hydroxylation is 1. The Kier molecular flexibility index (Phi) is 3.88. The van der Waals surface area contributed by atoms with E-state index in [9.17, 15) is 9.59 Å². The highest BCUT2D eigenvalue weighted by molar-refractivity contribution is 5.96. The molecule has 22 heavy (non-hydrogen) atoms. The summed E-state index contributed by atoms with van der Waals surface area (Å²) in [5.74, 6) is -0.937. The van der Waals surface area contributed by atoms with Crippen molar-refractivity contribution in [1.29, 1.82) is 0 Å². The zero-order chi connectivity index (χ0) is 15.7. The minimum atomic E-state index is -0.738. The van der Waals surface area contributed by atoms with Gasteiger partial charge in [0.2, 0.25) is 0 Å². The Bertz CT molecular complexity index is 711. The maximum atomic E-state index is 12.3. The lowest BCUT2D eigenvalue weighted by molar-refractivity contribution is -0.142. The number of hydrogen-bond donors (Lipinski definition) is 2. The first-order valence-electron chi connectivity index (χ1n) is 7.57. The molecule has 0 radical (unpaired) electrons. The van der Waals surface area contributed by atoms with Gasteiger partial charge in [0, 0.05) is 11.4 Å². The van der Waals surface area contributed by atoms with Crippen LogP contribution in [0.25, 0.3) is 11.0 Å². The summed E-state index contributed by atoms with van der Waals surface area (Å²) in [4.78, 5) is 23.2. The summed E-state index contributed by atoms with van der Waals surface area (Å²) in [6, 6.07) is 7.56. The molecule has 5 nitrogen and oxygen atoms in total. The summed E-state index contributed by atoms with van der Waals surface area (Å²) in [6.45, 7) is 1.99. The first-order valence-corrected chi connectivity index (χ1v) is 7.57. The van der Waals surface area contributed by atoms with E-state index in [-0.39, 0.29) is 17.9 Å². The van der Waals surface area contributed by atoms with Gasteiger partial charge in [-0.1, -0.05) is 11.6 Å². The van der Waals surface area contributed by atoms with Gasteiger partial charge in [0.25, 0.3) is 5.91 Å². The first kappa shape index (κ1) is 14.6. The van der Waals surface area contributed by atoms with Crippen molar-refractivity contribution in [3.05, 3.63) is 35.6 Å². The molecule has 1 fully saturated rings. The smallest absolute Gasteiger partial charge is 0.306 e. The van der Waals surface area contributed by atoms with Crippen LogP contribution in [0.3, 0.4) is 0 Å². The number of carboxylic acids is 1. The molecule has 2 N–H and O–H groups in total. The van der Waals surface area contributed by atoms with Gasteiger partial charge >= 0.3 is 5.97 Å². The number of nitrogens with one attached hydrogen (secondary N) is 1. The number of aliphatic carboxylic acids is 1. The number of rotatable bonds is 3. The van der Waals surface area contributed by atoms with Crippen LogP contribution in [0.4, 0.5) is 0 Å². The van der Waals surface area contributed by atoms with Crippen LogP contribution in [-0.2, 0) is 4.79 Å². The van der Waals surface area contributed by atoms with Gasteiger partial charge in [-0.3, -0.25) is 9.59 Å². The number of amides is 1. The lowest BCUT2D eigenvalue weighted by Crippen LogP contribution is -2.38. The maximum absolute atomic E-state index is 12.3. The molecule has 1 aromatic heterocycles. The molecule has 0 atom stereocenters. The Morgan fingerprint density at radius 3 is 2.59 bits per heavy atom. The topological polar surface area (TPSA) is 79.5 Å². The number of hydrogen-bond acceptors (Lipinski definition) is 3. The van der Waals surface area contributed by atoms with Crippen LogP contribution < -0.4 is 5.32 Å². The molecule has 1 aliphatic rings. The summed E-state index contributed by atoms with van der Waals surface area (Å²) >= 11 is 0. The fourth-order valence-corrected chi connectivity index (χ4v) is 3.02. The van der Waals surface area contributed by atoms with E-state index in [2.05, 4.69) is 5.32 Å². The predicted octanol–water partition coefficient (Wildman–Crippen LogP) is 3.11. The minimum absolute atomic E-state index is 0.0260. The molecule has 1 amide bonds. The van der Waals surface area contributed by atoms with Gasteiger partial charge in [-0.15, -0.1) is 0 Å². The molecule has 1 aliphatic carbocycles. The molecular weight excluding hydrogens is 282 g/mol. The van der Waals surface area contributed by atoms with Gasteiger partial charge in [-0.2, -0.15) is 0 Å². The standard InChI is InChI=1S/C17H19NO4/c1-10-2-7-14-12(8-10)9-15(22-14)16(19)18-13-5-3-11(4-6-13)17(20)21/h2,7-9,11,13H,3-6H2,1H3,(H,18,19)(H,20,21). The van der Waals surface area contributed by atoms with E-state index in [0.717, 1.165) is 10.9 Å². The molecule has 1 saturated carbocycles. The monoisotopic (exact) mass is 301 g/mol. The van der Waals surface area contributed by atoms with Gasteiger partial charge in [-0.25, -0.2) is 0 Å². The third kappa shape index (κ3) is 2.98. The molecule has 1 heterocycles. The van der Waals surface area contributed by atoms with Crippen LogP contribution in [0, 0.1) is 12.8 Å². The normalized spacial score (nSPS) is 21.7. The molecule has 3 rings (SSSR count). The fourth-order valence-electron chi connectivity index (χ4n) is 3.02. The molecule has 0 saturated heterocycles. The SMILES string of the molecule is Cc1ccc2oc(C(=O)NC3CCC(C(=O)O)CC3)cc2c1. The molecule has 0 unspecified atom stereocenters. The second-order valence-electron chi connectivity index (χ2n) is 6.01. The average molecular weight is 301 g/mol. The number of carboxylic acid groups (broad SMARTS) is 1. The third-order valence-corrected chi connectivity index (χ3v) is 4.31. The number of furan rings is 1. The van der Waals surface area contributed by atoms with E-state index in [1.165, 1.54) is 0 Å².